The molecule has 0 aromatic heterocycles. The Hall–Kier alpha value is -1.30. The average molecular weight is 235 g/mol. The van der Waals surface area contributed by atoms with Crippen molar-refractivity contribution < 1.29 is 22.3 Å². The van der Waals surface area contributed by atoms with Crippen molar-refractivity contribution in [1.29, 1.82) is 0 Å². The first-order valence-electron chi connectivity index (χ1n) is 4.66. The van der Waals surface area contributed by atoms with Gasteiger partial charge < -0.3 is 10.5 Å². The maximum Gasteiger partial charge on any atom is 0.419 e. The highest BCUT2D eigenvalue weighted by Crippen LogP contribution is 2.36. The lowest BCUT2D eigenvalue weighted by Gasteiger charge is -2.23. The molecular weight excluding hydrogens is 226 g/mol. The molecule has 0 saturated heterocycles. The molecule has 2 N–H and O–H groups in total. The Morgan fingerprint density at radius 1 is 1.31 bits per heavy atom. The highest BCUT2D eigenvalue weighted by atomic mass is 19.4. The van der Waals surface area contributed by atoms with Gasteiger partial charge in [-0.2, -0.15) is 13.2 Å². The monoisotopic (exact) mass is 235 g/mol. The number of rotatable bonds is 0. The second kappa shape index (κ2) is 3.62. The third kappa shape index (κ3) is 1.97. The largest absolute Gasteiger partial charge is 0.492 e. The third-order valence-corrected chi connectivity index (χ3v) is 2.39. The average Bonchev–Trinajstić information content (AvgIpc) is 2.14. The van der Waals surface area contributed by atoms with E-state index in [9.17, 15) is 17.6 Å². The van der Waals surface area contributed by atoms with E-state index < -0.39 is 17.6 Å². The van der Waals surface area contributed by atoms with Crippen LogP contribution in [-0.4, -0.2) is 12.6 Å². The van der Waals surface area contributed by atoms with Gasteiger partial charge in [-0.1, -0.05) is 0 Å². The molecule has 88 valence electrons. The molecule has 1 atom stereocenters. The molecule has 1 aromatic carbocycles. The normalized spacial score (nSPS) is 20.2. The van der Waals surface area contributed by atoms with Crippen molar-refractivity contribution in [2.24, 2.45) is 5.73 Å². The summed E-state index contributed by atoms with van der Waals surface area (Å²) < 4.78 is 55.3. The fraction of sp³-hybridized carbons (Fsp3) is 0.400. The number of ether oxygens (including phenoxy) is 1. The molecule has 1 aliphatic rings. The van der Waals surface area contributed by atoms with Gasteiger partial charge in [0, 0.05) is 6.04 Å². The molecular formula is C10H9F4NO. The molecule has 0 spiro atoms. The first kappa shape index (κ1) is 11.2. The summed E-state index contributed by atoms with van der Waals surface area (Å²) in [4.78, 5) is 0. The Morgan fingerprint density at radius 3 is 2.62 bits per heavy atom. The summed E-state index contributed by atoms with van der Waals surface area (Å²) in [5, 5.41) is 0. The van der Waals surface area contributed by atoms with Gasteiger partial charge in [-0.15, -0.1) is 0 Å². The van der Waals surface area contributed by atoms with Crippen LogP contribution < -0.4 is 10.5 Å². The Balaban J connectivity index is 2.46. The number of halogens is 4. The number of hydrogen-bond donors (Lipinski definition) is 1. The maximum atomic E-state index is 13.2. The molecule has 1 aliphatic heterocycles. The van der Waals surface area contributed by atoms with E-state index in [0.717, 1.165) is 6.07 Å². The predicted molar refractivity (Wildman–Crippen MR) is 48.6 cm³/mol. The van der Waals surface area contributed by atoms with Crippen molar-refractivity contribution in [2.75, 3.05) is 6.61 Å². The molecule has 6 heteroatoms. The Kier molecular flexibility index (Phi) is 2.53. The molecule has 0 saturated carbocycles. The molecule has 1 aromatic rings. The molecule has 2 nitrogen and oxygen atoms in total. The van der Waals surface area contributed by atoms with Crippen LogP contribution in [0.4, 0.5) is 17.6 Å². The molecule has 16 heavy (non-hydrogen) atoms. The van der Waals surface area contributed by atoms with Crippen molar-refractivity contribution in [3.05, 3.63) is 29.1 Å². The van der Waals surface area contributed by atoms with Crippen LogP contribution in [0, 0.1) is 5.82 Å². The minimum atomic E-state index is -4.71. The number of nitrogens with two attached hydrogens (primary N) is 1. The van der Waals surface area contributed by atoms with Crippen LogP contribution in [0.25, 0.3) is 0 Å². The van der Waals surface area contributed by atoms with Crippen molar-refractivity contribution in [1.82, 2.24) is 0 Å². The summed E-state index contributed by atoms with van der Waals surface area (Å²) in [7, 11) is 0. The minimum absolute atomic E-state index is 0.0652. The maximum absolute atomic E-state index is 13.2. The molecule has 0 bridgehead atoms. The fourth-order valence-electron chi connectivity index (χ4n) is 1.64. The van der Waals surface area contributed by atoms with Crippen molar-refractivity contribution in [3.8, 4) is 5.75 Å². The summed E-state index contributed by atoms with van der Waals surface area (Å²) in [5.41, 5.74) is 4.63. The van der Waals surface area contributed by atoms with E-state index in [0.29, 0.717) is 18.1 Å². The van der Waals surface area contributed by atoms with Gasteiger partial charge in [0.2, 0.25) is 0 Å². The molecule has 0 aliphatic carbocycles. The lowest BCUT2D eigenvalue weighted by molar-refractivity contribution is -0.140. The summed E-state index contributed by atoms with van der Waals surface area (Å²) >= 11 is 0. The van der Waals surface area contributed by atoms with Gasteiger partial charge in [-0.25, -0.2) is 4.39 Å². The zero-order valence-corrected chi connectivity index (χ0v) is 8.14. The molecule has 0 unspecified atom stereocenters. The SMILES string of the molecule is N[C@@H]1COc2cc(C(F)(F)F)c(F)cc2C1. The van der Waals surface area contributed by atoms with E-state index in [1.807, 2.05) is 0 Å². The Morgan fingerprint density at radius 2 is 2.00 bits per heavy atom. The van der Waals surface area contributed by atoms with Gasteiger partial charge in [0.05, 0.1) is 5.56 Å². The van der Waals surface area contributed by atoms with Crippen molar-refractivity contribution >= 4 is 0 Å². The lowest BCUT2D eigenvalue weighted by Crippen LogP contribution is -2.34. The molecule has 0 radical (unpaired) electrons. The number of hydrogen-bond acceptors (Lipinski definition) is 2. The molecule has 0 amide bonds. The molecule has 2 rings (SSSR count). The Labute approximate surface area is 89.0 Å². The van der Waals surface area contributed by atoms with Gasteiger partial charge >= 0.3 is 6.18 Å². The van der Waals surface area contributed by atoms with E-state index in [4.69, 9.17) is 10.5 Å². The molecule has 1 heterocycles. The van der Waals surface area contributed by atoms with Gasteiger partial charge in [-0.3, -0.25) is 0 Å². The predicted octanol–water partition coefficient (Wildman–Crippen LogP) is 2.11. The minimum Gasteiger partial charge on any atom is -0.492 e. The van der Waals surface area contributed by atoms with E-state index in [-0.39, 0.29) is 18.4 Å². The number of alkyl halides is 3. The zero-order valence-electron chi connectivity index (χ0n) is 8.14. The second-order valence-corrected chi connectivity index (χ2v) is 3.71. The second-order valence-electron chi connectivity index (χ2n) is 3.71. The highest BCUT2D eigenvalue weighted by Gasteiger charge is 2.35. The first-order valence-corrected chi connectivity index (χ1v) is 4.66. The van der Waals surface area contributed by atoms with Crippen LogP contribution in [0.3, 0.4) is 0 Å². The summed E-state index contributed by atoms with van der Waals surface area (Å²) in [6, 6.07) is 1.23. The smallest absolute Gasteiger partial charge is 0.419 e. The van der Waals surface area contributed by atoms with E-state index in [1.165, 1.54) is 0 Å². The van der Waals surface area contributed by atoms with Crippen LogP contribution in [0.5, 0.6) is 5.75 Å². The van der Waals surface area contributed by atoms with Crippen LogP contribution in [0.2, 0.25) is 0 Å². The zero-order chi connectivity index (χ0) is 11.9. The van der Waals surface area contributed by atoms with Crippen LogP contribution in [-0.2, 0) is 12.6 Å². The highest BCUT2D eigenvalue weighted by molar-refractivity contribution is 5.41. The van der Waals surface area contributed by atoms with Gasteiger partial charge in [0.15, 0.2) is 0 Å². The first-order chi connectivity index (χ1) is 7.38. The summed E-state index contributed by atoms with van der Waals surface area (Å²) in [6.07, 6.45) is -4.38. The summed E-state index contributed by atoms with van der Waals surface area (Å²) in [5.74, 6) is -1.22. The quantitative estimate of drug-likeness (QED) is 0.699. The number of benzene rings is 1. The molecule has 0 fully saturated rings. The van der Waals surface area contributed by atoms with E-state index >= 15 is 0 Å². The fourth-order valence-corrected chi connectivity index (χ4v) is 1.64. The van der Waals surface area contributed by atoms with E-state index in [2.05, 4.69) is 0 Å². The standard InChI is InChI=1S/C10H9F4NO/c11-8-2-5-1-6(15)4-16-9(5)3-7(8)10(12,13)14/h2-3,6H,1,4,15H2/t6-/m0/s1. The van der Waals surface area contributed by atoms with Gasteiger partial charge in [0.1, 0.15) is 18.2 Å². The third-order valence-electron chi connectivity index (χ3n) is 2.39. The lowest BCUT2D eigenvalue weighted by atomic mass is 10.0. The van der Waals surface area contributed by atoms with Crippen LogP contribution >= 0.6 is 0 Å². The van der Waals surface area contributed by atoms with Crippen molar-refractivity contribution in [2.45, 2.75) is 18.6 Å². The van der Waals surface area contributed by atoms with Crippen LogP contribution in [0.1, 0.15) is 11.1 Å². The summed E-state index contributed by atoms with van der Waals surface area (Å²) in [6.45, 7) is 0.149. The topological polar surface area (TPSA) is 35.2 Å². The Bertz CT molecular complexity index is 416. The van der Waals surface area contributed by atoms with Gasteiger partial charge in [-0.05, 0) is 24.1 Å². The van der Waals surface area contributed by atoms with E-state index in [1.54, 1.807) is 0 Å². The van der Waals surface area contributed by atoms with Gasteiger partial charge in [0.25, 0.3) is 0 Å². The van der Waals surface area contributed by atoms with Crippen molar-refractivity contribution in [3.63, 3.8) is 0 Å². The van der Waals surface area contributed by atoms with Crippen LogP contribution in [0.15, 0.2) is 12.1 Å². The number of fused-ring (bicyclic) bond motifs is 1.